The molecule has 0 unspecified atom stereocenters. The second kappa shape index (κ2) is 5.65. The summed E-state index contributed by atoms with van der Waals surface area (Å²) in [6, 6.07) is 3.99. The molecule has 3 rings (SSSR count). The second-order valence-corrected chi connectivity index (χ2v) is 6.72. The van der Waals surface area contributed by atoms with Crippen molar-refractivity contribution in [3.05, 3.63) is 41.3 Å². The minimum atomic E-state index is -0.388. The molecule has 114 valence electrons. The van der Waals surface area contributed by atoms with Gasteiger partial charge in [-0.3, -0.25) is 9.78 Å². The summed E-state index contributed by atoms with van der Waals surface area (Å²) >= 11 is 1.63. The van der Waals surface area contributed by atoms with Crippen LogP contribution in [0, 0.1) is 18.7 Å². The van der Waals surface area contributed by atoms with E-state index in [1.54, 1.807) is 22.1 Å². The highest BCUT2D eigenvalue weighted by Crippen LogP contribution is 2.29. The SMILES string of the molecule is Cc1csc(-c2cnc3c(F)cn(CC(=O)C(C)C)c3c2)c1. The molecular formula is C17H17FN2OS. The van der Waals surface area contributed by atoms with Gasteiger partial charge in [0.2, 0.25) is 0 Å². The van der Waals surface area contributed by atoms with E-state index in [0.717, 1.165) is 10.4 Å². The molecule has 0 radical (unpaired) electrons. The third-order valence-corrected chi connectivity index (χ3v) is 4.75. The lowest BCUT2D eigenvalue weighted by molar-refractivity contribution is -0.122. The average molecular weight is 316 g/mol. The molecule has 0 aliphatic rings. The molecule has 0 aliphatic carbocycles. The summed E-state index contributed by atoms with van der Waals surface area (Å²) in [5.41, 5.74) is 3.11. The lowest BCUT2D eigenvalue weighted by Gasteiger charge is -2.07. The number of rotatable bonds is 4. The first-order valence-electron chi connectivity index (χ1n) is 7.18. The van der Waals surface area contributed by atoms with Crippen molar-refractivity contribution in [3.8, 4) is 10.4 Å². The zero-order valence-electron chi connectivity index (χ0n) is 12.8. The Bertz CT molecular complexity index is 848. The van der Waals surface area contributed by atoms with Crippen LogP contribution in [-0.2, 0) is 11.3 Å². The summed E-state index contributed by atoms with van der Waals surface area (Å²) in [5.74, 6) is -0.383. The van der Waals surface area contributed by atoms with Crippen LogP contribution in [0.2, 0.25) is 0 Å². The Labute approximate surface area is 132 Å². The monoisotopic (exact) mass is 316 g/mol. The van der Waals surface area contributed by atoms with Gasteiger partial charge in [-0.05, 0) is 30.0 Å². The van der Waals surface area contributed by atoms with Gasteiger partial charge in [-0.1, -0.05) is 13.8 Å². The fourth-order valence-electron chi connectivity index (χ4n) is 2.32. The van der Waals surface area contributed by atoms with E-state index in [9.17, 15) is 9.18 Å². The third-order valence-electron chi connectivity index (χ3n) is 3.66. The molecule has 0 fully saturated rings. The molecule has 0 atom stereocenters. The lowest BCUT2D eigenvalue weighted by atomic mass is 10.1. The number of fused-ring (bicyclic) bond motifs is 1. The number of thiophene rings is 1. The number of nitrogens with zero attached hydrogens (tertiary/aromatic N) is 2. The fraction of sp³-hybridized carbons (Fsp3) is 0.294. The molecule has 0 aliphatic heterocycles. The van der Waals surface area contributed by atoms with E-state index in [2.05, 4.69) is 16.4 Å². The maximum Gasteiger partial charge on any atom is 0.167 e. The zero-order valence-corrected chi connectivity index (χ0v) is 13.6. The number of carbonyl (C=O) groups excluding carboxylic acids is 1. The molecule has 0 N–H and O–H groups in total. The molecule has 0 aromatic carbocycles. The van der Waals surface area contributed by atoms with Gasteiger partial charge in [0.1, 0.15) is 5.52 Å². The molecular weight excluding hydrogens is 299 g/mol. The summed E-state index contributed by atoms with van der Waals surface area (Å²) in [6.07, 6.45) is 3.05. The van der Waals surface area contributed by atoms with Crippen LogP contribution in [0.1, 0.15) is 19.4 Å². The van der Waals surface area contributed by atoms with E-state index in [0.29, 0.717) is 11.0 Å². The highest BCUT2D eigenvalue weighted by Gasteiger charge is 2.15. The maximum atomic E-state index is 14.0. The molecule has 0 saturated heterocycles. The Kier molecular flexibility index (Phi) is 3.83. The van der Waals surface area contributed by atoms with Crippen LogP contribution in [0.4, 0.5) is 4.39 Å². The summed E-state index contributed by atoms with van der Waals surface area (Å²) in [6.45, 7) is 5.91. The van der Waals surface area contributed by atoms with E-state index < -0.39 is 0 Å². The van der Waals surface area contributed by atoms with Crippen molar-refractivity contribution in [2.75, 3.05) is 0 Å². The predicted octanol–water partition coefficient (Wildman–Crippen LogP) is 4.44. The number of carbonyl (C=O) groups is 1. The van der Waals surface area contributed by atoms with Gasteiger partial charge < -0.3 is 4.57 Å². The van der Waals surface area contributed by atoms with Crippen molar-refractivity contribution in [1.29, 1.82) is 0 Å². The zero-order chi connectivity index (χ0) is 15.9. The number of hydrogen-bond acceptors (Lipinski definition) is 3. The van der Waals surface area contributed by atoms with Crippen LogP contribution in [0.15, 0.2) is 29.9 Å². The van der Waals surface area contributed by atoms with Gasteiger partial charge in [-0.25, -0.2) is 4.39 Å². The van der Waals surface area contributed by atoms with Crippen LogP contribution in [0.25, 0.3) is 21.5 Å². The van der Waals surface area contributed by atoms with E-state index in [-0.39, 0.29) is 24.1 Å². The highest BCUT2D eigenvalue weighted by atomic mass is 32.1. The number of aromatic nitrogens is 2. The average Bonchev–Trinajstić information content (AvgIpc) is 3.03. The molecule has 22 heavy (non-hydrogen) atoms. The molecule has 5 heteroatoms. The van der Waals surface area contributed by atoms with Crippen molar-refractivity contribution in [3.63, 3.8) is 0 Å². The normalized spacial score (nSPS) is 11.5. The molecule has 0 bridgehead atoms. The number of pyridine rings is 1. The number of ketones is 1. The van der Waals surface area contributed by atoms with E-state index in [1.807, 2.05) is 26.8 Å². The molecule has 3 nitrogen and oxygen atoms in total. The molecule has 0 amide bonds. The smallest absolute Gasteiger partial charge is 0.167 e. The van der Waals surface area contributed by atoms with Gasteiger partial charge in [0, 0.05) is 28.8 Å². The van der Waals surface area contributed by atoms with Crippen LogP contribution in [0.3, 0.4) is 0 Å². The van der Waals surface area contributed by atoms with Crippen molar-refractivity contribution < 1.29 is 9.18 Å². The number of halogens is 1. The van der Waals surface area contributed by atoms with Gasteiger partial charge in [0.05, 0.1) is 12.1 Å². The fourth-order valence-corrected chi connectivity index (χ4v) is 3.20. The van der Waals surface area contributed by atoms with E-state index in [4.69, 9.17) is 0 Å². The molecule has 3 aromatic rings. The standard InChI is InChI=1S/C17H17FN2OS/c1-10(2)15(21)8-20-7-13(18)17-14(20)5-12(6-19-17)16-4-11(3)9-22-16/h4-7,9-10H,8H2,1-3H3. The summed E-state index contributed by atoms with van der Waals surface area (Å²) < 4.78 is 15.7. The van der Waals surface area contributed by atoms with Gasteiger partial charge in [-0.2, -0.15) is 0 Å². The van der Waals surface area contributed by atoms with Gasteiger partial charge in [0.15, 0.2) is 11.6 Å². The first-order chi connectivity index (χ1) is 10.5. The van der Waals surface area contributed by atoms with Crippen LogP contribution in [0.5, 0.6) is 0 Å². The maximum absolute atomic E-state index is 14.0. The lowest BCUT2D eigenvalue weighted by Crippen LogP contribution is -2.14. The van der Waals surface area contributed by atoms with Crippen molar-refractivity contribution >= 4 is 28.2 Å². The molecule has 0 spiro atoms. The summed E-state index contributed by atoms with van der Waals surface area (Å²) in [7, 11) is 0. The Balaban J connectivity index is 2.08. The number of Topliss-reactive ketones (excluding diaryl/α,β-unsaturated/α-hetero) is 1. The van der Waals surface area contributed by atoms with Crippen LogP contribution in [-0.4, -0.2) is 15.3 Å². The Morgan fingerprint density at radius 1 is 1.41 bits per heavy atom. The van der Waals surface area contributed by atoms with Gasteiger partial charge >= 0.3 is 0 Å². The minimum absolute atomic E-state index is 0.0726. The summed E-state index contributed by atoms with van der Waals surface area (Å²) in [5, 5.41) is 2.07. The predicted molar refractivity (Wildman–Crippen MR) is 87.6 cm³/mol. The Morgan fingerprint density at radius 3 is 2.82 bits per heavy atom. The van der Waals surface area contributed by atoms with Crippen molar-refractivity contribution in [2.24, 2.45) is 5.92 Å². The number of hydrogen-bond donors (Lipinski definition) is 0. The summed E-state index contributed by atoms with van der Waals surface area (Å²) in [4.78, 5) is 17.3. The Morgan fingerprint density at radius 2 is 2.18 bits per heavy atom. The van der Waals surface area contributed by atoms with E-state index >= 15 is 0 Å². The number of aryl methyl sites for hydroxylation is 1. The van der Waals surface area contributed by atoms with Gasteiger partial charge in [-0.15, -0.1) is 11.3 Å². The minimum Gasteiger partial charge on any atom is -0.336 e. The van der Waals surface area contributed by atoms with Crippen LogP contribution < -0.4 is 0 Å². The van der Waals surface area contributed by atoms with Crippen molar-refractivity contribution in [1.82, 2.24) is 9.55 Å². The quantitative estimate of drug-likeness (QED) is 0.713. The molecule has 0 saturated carbocycles. The second-order valence-electron chi connectivity index (χ2n) is 5.81. The largest absolute Gasteiger partial charge is 0.336 e. The van der Waals surface area contributed by atoms with E-state index in [1.165, 1.54) is 11.8 Å². The molecule has 3 heterocycles. The first-order valence-corrected chi connectivity index (χ1v) is 8.06. The molecule has 3 aromatic heterocycles. The topological polar surface area (TPSA) is 34.9 Å². The first kappa shape index (κ1) is 14.9. The third kappa shape index (κ3) is 2.68. The van der Waals surface area contributed by atoms with Crippen LogP contribution >= 0.6 is 11.3 Å². The van der Waals surface area contributed by atoms with Gasteiger partial charge in [0.25, 0.3) is 0 Å². The Hall–Kier alpha value is -2.01. The van der Waals surface area contributed by atoms with Crippen molar-refractivity contribution in [2.45, 2.75) is 27.3 Å². The highest BCUT2D eigenvalue weighted by molar-refractivity contribution is 7.13.